The number of para-hydroxylation sites is 1. The molecule has 0 saturated heterocycles. The third-order valence-corrected chi connectivity index (χ3v) is 4.58. The minimum atomic E-state index is -0.540. The van der Waals surface area contributed by atoms with Gasteiger partial charge in [-0.25, -0.2) is 9.48 Å². The van der Waals surface area contributed by atoms with Crippen molar-refractivity contribution in [3.63, 3.8) is 0 Å². The lowest BCUT2D eigenvalue weighted by Crippen LogP contribution is -2.25. The molecule has 0 atom stereocenters. The zero-order valence-electron chi connectivity index (χ0n) is 17.2. The van der Waals surface area contributed by atoms with Crippen molar-refractivity contribution in [2.24, 2.45) is 0 Å². The highest BCUT2D eigenvalue weighted by Gasteiger charge is 2.09. The Hall–Kier alpha value is -3.61. The highest BCUT2D eigenvalue weighted by atomic mass is 16.5. The average Bonchev–Trinajstić information content (AvgIpc) is 3.12. The van der Waals surface area contributed by atoms with Gasteiger partial charge in [0.25, 0.3) is 5.91 Å². The van der Waals surface area contributed by atoms with E-state index in [-0.39, 0.29) is 12.5 Å². The maximum absolute atomic E-state index is 12.4. The van der Waals surface area contributed by atoms with E-state index in [0.29, 0.717) is 17.8 Å². The van der Waals surface area contributed by atoms with Crippen LogP contribution >= 0.6 is 0 Å². The van der Waals surface area contributed by atoms with Gasteiger partial charge in [0.15, 0.2) is 0 Å². The molecule has 156 valence electrons. The largest absolute Gasteiger partial charge is 0.450 e. The van der Waals surface area contributed by atoms with Crippen LogP contribution in [-0.4, -0.2) is 34.9 Å². The fourth-order valence-corrected chi connectivity index (χ4v) is 3.06. The molecule has 0 aliphatic carbocycles. The van der Waals surface area contributed by atoms with E-state index in [1.807, 2.05) is 48.1 Å². The Labute approximate surface area is 176 Å². The SMILES string of the molecule is CCOC(=O)Nc1cccc(C(=O)NCCCc2cn(-c3ccccc3)nc2C)c1. The number of benzene rings is 2. The second-order valence-corrected chi connectivity index (χ2v) is 6.81. The summed E-state index contributed by atoms with van der Waals surface area (Å²) in [5.41, 5.74) is 4.18. The van der Waals surface area contributed by atoms with Crippen LogP contribution in [0.1, 0.15) is 35.0 Å². The van der Waals surface area contributed by atoms with Crippen molar-refractivity contribution in [2.75, 3.05) is 18.5 Å². The van der Waals surface area contributed by atoms with Gasteiger partial charge in [0, 0.05) is 24.0 Å². The fraction of sp³-hybridized carbons (Fsp3) is 0.261. The first-order valence-electron chi connectivity index (χ1n) is 9.99. The molecule has 0 unspecified atom stereocenters. The van der Waals surface area contributed by atoms with E-state index >= 15 is 0 Å². The lowest BCUT2D eigenvalue weighted by atomic mass is 10.1. The van der Waals surface area contributed by atoms with E-state index in [1.54, 1.807) is 31.2 Å². The van der Waals surface area contributed by atoms with Crippen LogP contribution in [0.2, 0.25) is 0 Å². The van der Waals surface area contributed by atoms with Crippen LogP contribution in [0.3, 0.4) is 0 Å². The van der Waals surface area contributed by atoms with E-state index in [9.17, 15) is 9.59 Å². The van der Waals surface area contributed by atoms with Crippen molar-refractivity contribution in [2.45, 2.75) is 26.7 Å². The predicted molar refractivity (Wildman–Crippen MR) is 116 cm³/mol. The first-order valence-corrected chi connectivity index (χ1v) is 9.99. The number of hydrogen-bond acceptors (Lipinski definition) is 4. The molecule has 0 saturated carbocycles. The van der Waals surface area contributed by atoms with Gasteiger partial charge in [-0.1, -0.05) is 24.3 Å². The number of aryl methyl sites for hydroxylation is 2. The van der Waals surface area contributed by atoms with Crippen molar-refractivity contribution in [1.29, 1.82) is 0 Å². The van der Waals surface area contributed by atoms with Crippen LogP contribution in [0.4, 0.5) is 10.5 Å². The molecule has 2 aromatic carbocycles. The standard InChI is InChI=1S/C23H26N4O3/c1-3-30-23(29)25-20-11-7-9-18(15-20)22(28)24-14-8-10-19-16-27(26-17(19)2)21-12-5-4-6-13-21/h4-7,9,11-13,15-16H,3,8,10,14H2,1-2H3,(H,24,28)(H,25,29). The van der Waals surface area contributed by atoms with Crippen LogP contribution in [-0.2, 0) is 11.2 Å². The van der Waals surface area contributed by atoms with Crippen LogP contribution in [0.25, 0.3) is 5.69 Å². The molecular formula is C23H26N4O3. The van der Waals surface area contributed by atoms with E-state index < -0.39 is 6.09 Å². The van der Waals surface area contributed by atoms with Gasteiger partial charge in [-0.2, -0.15) is 5.10 Å². The lowest BCUT2D eigenvalue weighted by Gasteiger charge is -2.08. The molecule has 0 aliphatic heterocycles. The molecule has 1 heterocycles. The van der Waals surface area contributed by atoms with Gasteiger partial charge in [-0.05, 0) is 62.6 Å². The summed E-state index contributed by atoms with van der Waals surface area (Å²) in [6, 6.07) is 16.7. The van der Waals surface area contributed by atoms with Crippen LogP contribution in [0, 0.1) is 6.92 Å². The van der Waals surface area contributed by atoms with Gasteiger partial charge in [-0.3, -0.25) is 10.1 Å². The summed E-state index contributed by atoms with van der Waals surface area (Å²) < 4.78 is 6.73. The number of nitrogens with zero attached hydrogens (tertiary/aromatic N) is 2. The number of aromatic nitrogens is 2. The normalized spacial score (nSPS) is 10.5. The van der Waals surface area contributed by atoms with E-state index in [0.717, 1.165) is 29.8 Å². The number of anilines is 1. The third kappa shape index (κ3) is 5.70. The number of rotatable bonds is 8. The van der Waals surface area contributed by atoms with Gasteiger partial charge in [-0.15, -0.1) is 0 Å². The zero-order valence-corrected chi connectivity index (χ0v) is 17.2. The van der Waals surface area contributed by atoms with Gasteiger partial charge < -0.3 is 10.1 Å². The number of nitrogens with one attached hydrogen (secondary N) is 2. The molecule has 0 bridgehead atoms. The molecule has 7 nitrogen and oxygen atoms in total. The number of hydrogen-bond donors (Lipinski definition) is 2. The topological polar surface area (TPSA) is 85.2 Å². The summed E-state index contributed by atoms with van der Waals surface area (Å²) in [5, 5.41) is 10.1. The zero-order chi connectivity index (χ0) is 21.3. The average molecular weight is 406 g/mol. The first-order chi connectivity index (χ1) is 14.6. The van der Waals surface area contributed by atoms with Crippen molar-refractivity contribution in [3.8, 4) is 5.69 Å². The molecular weight excluding hydrogens is 380 g/mol. The number of ether oxygens (including phenoxy) is 1. The maximum Gasteiger partial charge on any atom is 0.411 e. The maximum atomic E-state index is 12.4. The molecule has 2 amide bonds. The fourth-order valence-electron chi connectivity index (χ4n) is 3.06. The second kappa shape index (κ2) is 10.2. The Bertz CT molecular complexity index is 999. The molecule has 1 aromatic heterocycles. The molecule has 0 radical (unpaired) electrons. The molecule has 3 rings (SSSR count). The number of carbonyl (C=O) groups is 2. The molecule has 30 heavy (non-hydrogen) atoms. The van der Waals surface area contributed by atoms with Crippen molar-refractivity contribution < 1.29 is 14.3 Å². The molecule has 7 heteroatoms. The van der Waals surface area contributed by atoms with Gasteiger partial charge in [0.2, 0.25) is 0 Å². The minimum Gasteiger partial charge on any atom is -0.450 e. The lowest BCUT2D eigenvalue weighted by molar-refractivity contribution is 0.0953. The second-order valence-electron chi connectivity index (χ2n) is 6.81. The summed E-state index contributed by atoms with van der Waals surface area (Å²) in [5.74, 6) is -0.181. The van der Waals surface area contributed by atoms with Crippen molar-refractivity contribution >= 4 is 17.7 Å². The van der Waals surface area contributed by atoms with Crippen molar-refractivity contribution in [3.05, 3.63) is 77.6 Å². The minimum absolute atomic E-state index is 0.181. The molecule has 3 aromatic rings. The summed E-state index contributed by atoms with van der Waals surface area (Å²) in [7, 11) is 0. The van der Waals surface area contributed by atoms with Crippen molar-refractivity contribution in [1.82, 2.24) is 15.1 Å². The Morgan fingerprint density at radius 1 is 1.10 bits per heavy atom. The van der Waals surface area contributed by atoms with E-state index in [2.05, 4.69) is 15.7 Å². The Balaban J connectivity index is 1.50. The highest BCUT2D eigenvalue weighted by molar-refractivity contribution is 5.96. The number of carbonyl (C=O) groups excluding carboxylic acids is 2. The molecule has 0 spiro atoms. The van der Waals surface area contributed by atoms with Gasteiger partial charge in [0.05, 0.1) is 18.0 Å². The smallest absolute Gasteiger partial charge is 0.411 e. The van der Waals surface area contributed by atoms with Crippen LogP contribution in [0.15, 0.2) is 60.8 Å². The predicted octanol–water partition coefficient (Wildman–Crippen LogP) is 4.11. The Morgan fingerprint density at radius 2 is 1.90 bits per heavy atom. The van der Waals surface area contributed by atoms with E-state index in [4.69, 9.17) is 4.74 Å². The summed E-state index contributed by atoms with van der Waals surface area (Å²) in [6.07, 6.45) is 3.12. The molecule has 2 N–H and O–H groups in total. The van der Waals surface area contributed by atoms with Gasteiger partial charge in [0.1, 0.15) is 0 Å². The first kappa shape index (κ1) is 21.1. The summed E-state index contributed by atoms with van der Waals surface area (Å²) in [6.45, 7) is 4.56. The summed E-state index contributed by atoms with van der Waals surface area (Å²) >= 11 is 0. The summed E-state index contributed by atoms with van der Waals surface area (Å²) in [4.78, 5) is 23.9. The molecule has 0 aliphatic rings. The van der Waals surface area contributed by atoms with Crippen LogP contribution < -0.4 is 10.6 Å². The quantitative estimate of drug-likeness (QED) is 0.551. The molecule has 0 fully saturated rings. The highest BCUT2D eigenvalue weighted by Crippen LogP contribution is 2.14. The Kier molecular flexibility index (Phi) is 7.21. The van der Waals surface area contributed by atoms with Crippen LogP contribution in [0.5, 0.6) is 0 Å². The Morgan fingerprint density at radius 3 is 2.67 bits per heavy atom. The number of amides is 2. The van der Waals surface area contributed by atoms with E-state index in [1.165, 1.54) is 0 Å². The monoisotopic (exact) mass is 406 g/mol. The van der Waals surface area contributed by atoms with Gasteiger partial charge >= 0.3 is 6.09 Å². The third-order valence-electron chi connectivity index (χ3n) is 4.58.